The van der Waals surface area contributed by atoms with Crippen molar-refractivity contribution in [2.45, 2.75) is 51.5 Å². The second-order valence-electron chi connectivity index (χ2n) is 8.22. The van der Waals surface area contributed by atoms with Gasteiger partial charge in [0.05, 0.1) is 16.6 Å². The molecule has 33 heavy (non-hydrogen) atoms. The van der Waals surface area contributed by atoms with Crippen LogP contribution in [0.5, 0.6) is 0 Å². The van der Waals surface area contributed by atoms with Crippen molar-refractivity contribution in [2.24, 2.45) is 0 Å². The molecule has 1 unspecified atom stereocenters. The van der Waals surface area contributed by atoms with E-state index in [1.807, 2.05) is 45.0 Å². The number of sulfonamides is 1. The maximum Gasteiger partial charge on any atom is 0.264 e. The van der Waals surface area contributed by atoms with Crippen LogP contribution in [0.3, 0.4) is 0 Å². The molecule has 0 aliphatic heterocycles. The maximum atomic E-state index is 13.5. The summed E-state index contributed by atoms with van der Waals surface area (Å²) in [4.78, 5) is 13.3. The van der Waals surface area contributed by atoms with E-state index in [-0.39, 0.29) is 23.4 Å². The van der Waals surface area contributed by atoms with E-state index in [0.717, 1.165) is 23.1 Å². The van der Waals surface area contributed by atoms with Crippen LogP contribution in [0.2, 0.25) is 0 Å². The zero-order valence-corrected chi connectivity index (χ0v) is 20.5. The average Bonchev–Trinajstić information content (AvgIpc) is 2.83. The SMILES string of the molecule is CCc1ccc(N(CC(=O)NC(CC)c2ccc(C)c(C)c2)S(=O)(=O)c2ccccc2)cc1. The number of aryl methyl sites for hydroxylation is 3. The van der Waals surface area contributed by atoms with Gasteiger partial charge < -0.3 is 5.32 Å². The van der Waals surface area contributed by atoms with Gasteiger partial charge in [0.2, 0.25) is 5.91 Å². The Morgan fingerprint density at radius 3 is 2.15 bits per heavy atom. The smallest absolute Gasteiger partial charge is 0.264 e. The number of hydrogen-bond acceptors (Lipinski definition) is 3. The number of nitrogens with zero attached hydrogens (tertiary/aromatic N) is 1. The van der Waals surface area contributed by atoms with Crippen molar-refractivity contribution in [1.29, 1.82) is 0 Å². The van der Waals surface area contributed by atoms with Gasteiger partial charge in [0.1, 0.15) is 6.54 Å². The quantitative estimate of drug-likeness (QED) is 0.465. The Kier molecular flexibility index (Phi) is 7.92. The Hall–Kier alpha value is -3.12. The van der Waals surface area contributed by atoms with Gasteiger partial charge in [-0.3, -0.25) is 9.10 Å². The molecule has 3 rings (SSSR count). The van der Waals surface area contributed by atoms with Crippen LogP contribution in [0.4, 0.5) is 5.69 Å². The van der Waals surface area contributed by atoms with Crippen LogP contribution in [0.15, 0.2) is 77.7 Å². The third-order valence-electron chi connectivity index (χ3n) is 5.93. The first-order chi connectivity index (χ1) is 15.8. The van der Waals surface area contributed by atoms with Gasteiger partial charge in [-0.1, -0.05) is 62.4 Å². The fourth-order valence-electron chi connectivity index (χ4n) is 3.71. The van der Waals surface area contributed by atoms with Crippen molar-refractivity contribution in [1.82, 2.24) is 5.32 Å². The normalized spacial score (nSPS) is 12.2. The van der Waals surface area contributed by atoms with Gasteiger partial charge in [0, 0.05) is 0 Å². The number of anilines is 1. The monoisotopic (exact) mass is 464 g/mol. The fraction of sp³-hybridized carbons (Fsp3) is 0.296. The first-order valence-corrected chi connectivity index (χ1v) is 12.7. The summed E-state index contributed by atoms with van der Waals surface area (Å²) in [7, 11) is -3.92. The topological polar surface area (TPSA) is 66.5 Å². The Morgan fingerprint density at radius 1 is 0.909 bits per heavy atom. The number of carbonyl (C=O) groups is 1. The summed E-state index contributed by atoms with van der Waals surface area (Å²) in [6.45, 7) is 7.83. The van der Waals surface area contributed by atoms with Crippen molar-refractivity contribution in [2.75, 3.05) is 10.8 Å². The second kappa shape index (κ2) is 10.7. The molecule has 6 heteroatoms. The summed E-state index contributed by atoms with van der Waals surface area (Å²) in [6.07, 6.45) is 1.55. The van der Waals surface area contributed by atoms with Crippen LogP contribution >= 0.6 is 0 Å². The number of amides is 1. The van der Waals surface area contributed by atoms with E-state index >= 15 is 0 Å². The predicted molar refractivity (Wildman–Crippen MR) is 134 cm³/mol. The minimum Gasteiger partial charge on any atom is -0.348 e. The molecule has 0 aliphatic carbocycles. The molecule has 0 radical (unpaired) electrons. The molecule has 0 saturated carbocycles. The van der Waals surface area contributed by atoms with Gasteiger partial charge in [-0.2, -0.15) is 0 Å². The molecule has 0 saturated heterocycles. The van der Waals surface area contributed by atoms with Gasteiger partial charge in [0.15, 0.2) is 0 Å². The third-order valence-corrected chi connectivity index (χ3v) is 7.72. The van der Waals surface area contributed by atoms with E-state index in [1.54, 1.807) is 42.5 Å². The molecule has 0 aromatic heterocycles. The summed E-state index contributed by atoms with van der Waals surface area (Å²) in [5.41, 5.74) is 4.92. The molecule has 0 bridgehead atoms. The van der Waals surface area contributed by atoms with Crippen LogP contribution in [-0.4, -0.2) is 20.9 Å². The van der Waals surface area contributed by atoms with Crippen molar-refractivity contribution >= 4 is 21.6 Å². The molecule has 1 amide bonds. The fourth-order valence-corrected chi connectivity index (χ4v) is 5.15. The minimum absolute atomic E-state index is 0.151. The van der Waals surface area contributed by atoms with Gasteiger partial charge in [0.25, 0.3) is 10.0 Å². The van der Waals surface area contributed by atoms with Gasteiger partial charge in [-0.05, 0) is 73.2 Å². The lowest BCUT2D eigenvalue weighted by molar-refractivity contribution is -0.120. The van der Waals surface area contributed by atoms with E-state index in [0.29, 0.717) is 12.1 Å². The van der Waals surface area contributed by atoms with Crippen molar-refractivity contribution < 1.29 is 13.2 Å². The lowest BCUT2D eigenvalue weighted by atomic mass is 9.99. The van der Waals surface area contributed by atoms with Crippen LogP contribution in [0.25, 0.3) is 0 Å². The molecule has 5 nitrogen and oxygen atoms in total. The molecule has 0 aliphatic rings. The standard InChI is InChI=1S/C27H32N2O3S/c1-5-22-13-16-24(17-14-22)29(33(31,32)25-10-8-7-9-11-25)19-27(30)28-26(6-2)23-15-12-20(3)21(4)18-23/h7-18,26H,5-6,19H2,1-4H3,(H,28,30). The Morgan fingerprint density at radius 2 is 1.58 bits per heavy atom. The highest BCUT2D eigenvalue weighted by Crippen LogP contribution is 2.25. The predicted octanol–water partition coefficient (Wildman–Crippen LogP) is 5.33. The van der Waals surface area contributed by atoms with Gasteiger partial charge in [-0.15, -0.1) is 0 Å². The van der Waals surface area contributed by atoms with Gasteiger partial charge >= 0.3 is 0 Å². The van der Waals surface area contributed by atoms with E-state index in [9.17, 15) is 13.2 Å². The summed E-state index contributed by atoms with van der Waals surface area (Å²) < 4.78 is 28.1. The molecule has 3 aromatic rings. The molecular weight excluding hydrogens is 432 g/mol. The second-order valence-corrected chi connectivity index (χ2v) is 10.1. The zero-order valence-electron chi connectivity index (χ0n) is 19.7. The summed E-state index contributed by atoms with van der Waals surface area (Å²) in [5.74, 6) is -0.348. The summed E-state index contributed by atoms with van der Waals surface area (Å²) in [6, 6.07) is 21.5. The van der Waals surface area contributed by atoms with Crippen molar-refractivity contribution in [3.63, 3.8) is 0 Å². The van der Waals surface area contributed by atoms with Crippen molar-refractivity contribution in [3.05, 3.63) is 95.1 Å². The molecule has 3 aromatic carbocycles. The maximum absolute atomic E-state index is 13.5. The van der Waals surface area contributed by atoms with E-state index in [4.69, 9.17) is 0 Å². The van der Waals surface area contributed by atoms with Crippen LogP contribution in [0.1, 0.15) is 48.6 Å². The highest BCUT2D eigenvalue weighted by molar-refractivity contribution is 7.92. The van der Waals surface area contributed by atoms with E-state index in [1.165, 1.54) is 9.87 Å². The number of rotatable bonds is 9. The first kappa shape index (κ1) is 24.5. The van der Waals surface area contributed by atoms with Crippen LogP contribution in [0, 0.1) is 13.8 Å². The largest absolute Gasteiger partial charge is 0.348 e. The average molecular weight is 465 g/mol. The Balaban J connectivity index is 1.90. The van der Waals surface area contributed by atoms with Crippen LogP contribution in [-0.2, 0) is 21.2 Å². The number of carbonyl (C=O) groups excluding carboxylic acids is 1. The Labute approximate surface area is 197 Å². The number of nitrogens with one attached hydrogen (secondary N) is 1. The molecule has 0 fully saturated rings. The van der Waals surface area contributed by atoms with E-state index < -0.39 is 10.0 Å². The zero-order chi connectivity index (χ0) is 24.0. The molecule has 1 atom stereocenters. The number of hydrogen-bond donors (Lipinski definition) is 1. The highest BCUT2D eigenvalue weighted by Gasteiger charge is 2.28. The summed E-state index contributed by atoms with van der Waals surface area (Å²) >= 11 is 0. The molecule has 174 valence electrons. The molecule has 0 spiro atoms. The number of benzene rings is 3. The third kappa shape index (κ3) is 5.82. The van der Waals surface area contributed by atoms with Crippen LogP contribution < -0.4 is 9.62 Å². The molecule has 1 N–H and O–H groups in total. The minimum atomic E-state index is -3.92. The van der Waals surface area contributed by atoms with Crippen molar-refractivity contribution in [3.8, 4) is 0 Å². The molecule has 0 heterocycles. The summed E-state index contributed by atoms with van der Waals surface area (Å²) in [5, 5.41) is 3.03. The Bertz CT molecular complexity index is 1190. The lowest BCUT2D eigenvalue weighted by Gasteiger charge is -2.26. The van der Waals surface area contributed by atoms with E-state index in [2.05, 4.69) is 18.3 Å². The molecular formula is C27H32N2O3S. The highest BCUT2D eigenvalue weighted by atomic mass is 32.2. The lowest BCUT2D eigenvalue weighted by Crippen LogP contribution is -2.42. The van der Waals surface area contributed by atoms with Gasteiger partial charge in [-0.25, -0.2) is 8.42 Å². The first-order valence-electron chi connectivity index (χ1n) is 11.3.